The minimum Gasteiger partial charge on any atom is -0.390 e. The second kappa shape index (κ2) is 8.58. The van der Waals surface area contributed by atoms with Crippen LogP contribution < -0.4 is 0 Å². The van der Waals surface area contributed by atoms with E-state index in [2.05, 4.69) is 45.9 Å². The molecule has 1 heteroatoms. The molecule has 120 valence electrons. The maximum absolute atomic E-state index is 10.7. The summed E-state index contributed by atoms with van der Waals surface area (Å²) in [7, 11) is 0. The molecule has 0 amide bonds. The third kappa shape index (κ3) is 7.13. The van der Waals surface area contributed by atoms with E-state index < -0.39 is 5.60 Å². The Bertz CT molecular complexity index is 406. The fourth-order valence-corrected chi connectivity index (χ4v) is 3.04. The Morgan fingerprint density at radius 3 is 2.57 bits per heavy atom. The molecule has 1 rings (SSSR count). The van der Waals surface area contributed by atoms with Gasteiger partial charge in [-0.15, -0.1) is 0 Å². The molecule has 0 bridgehead atoms. The van der Waals surface area contributed by atoms with Gasteiger partial charge in [0.2, 0.25) is 0 Å². The summed E-state index contributed by atoms with van der Waals surface area (Å²) in [6, 6.07) is 0. The second-order valence-electron chi connectivity index (χ2n) is 7.29. The molecule has 0 saturated heterocycles. The first-order valence-corrected chi connectivity index (χ1v) is 8.48. The normalized spacial score (nSPS) is 22.5. The van der Waals surface area contributed by atoms with Crippen LogP contribution in [-0.4, -0.2) is 10.7 Å². The lowest BCUT2D eigenvalue weighted by Crippen LogP contribution is -2.35. The Morgan fingerprint density at radius 2 is 2.00 bits per heavy atom. The lowest BCUT2D eigenvalue weighted by Gasteiger charge is -2.34. The van der Waals surface area contributed by atoms with E-state index in [0.29, 0.717) is 5.92 Å². The molecule has 1 N–H and O–H groups in total. The highest BCUT2D eigenvalue weighted by Gasteiger charge is 2.31. The number of allylic oxidation sites excluding steroid dienone is 6. The van der Waals surface area contributed by atoms with E-state index in [4.69, 9.17) is 0 Å². The summed E-state index contributed by atoms with van der Waals surface area (Å²) in [5, 5.41) is 10.7. The van der Waals surface area contributed by atoms with Crippen molar-refractivity contribution >= 4 is 0 Å². The van der Waals surface area contributed by atoms with Gasteiger partial charge in [-0.1, -0.05) is 34.9 Å². The van der Waals surface area contributed by atoms with E-state index in [-0.39, 0.29) is 0 Å². The van der Waals surface area contributed by atoms with Crippen LogP contribution in [0.3, 0.4) is 0 Å². The summed E-state index contributed by atoms with van der Waals surface area (Å²) in [5.41, 5.74) is 3.81. The van der Waals surface area contributed by atoms with Crippen LogP contribution in [0.1, 0.15) is 79.6 Å². The zero-order valence-corrected chi connectivity index (χ0v) is 14.7. The van der Waals surface area contributed by atoms with Crippen LogP contribution in [0.4, 0.5) is 0 Å². The van der Waals surface area contributed by atoms with Gasteiger partial charge in [-0.25, -0.2) is 0 Å². The molecule has 21 heavy (non-hydrogen) atoms. The molecule has 0 aliphatic heterocycles. The first-order chi connectivity index (χ1) is 9.81. The van der Waals surface area contributed by atoms with Crippen LogP contribution >= 0.6 is 0 Å². The summed E-state index contributed by atoms with van der Waals surface area (Å²) in [5.74, 6) is 0.431. The Balaban J connectivity index is 2.37. The molecule has 0 fully saturated rings. The molecule has 0 aromatic heterocycles. The third-order valence-corrected chi connectivity index (χ3v) is 4.75. The van der Waals surface area contributed by atoms with E-state index in [0.717, 1.165) is 44.9 Å². The summed E-state index contributed by atoms with van der Waals surface area (Å²) in [6.45, 7) is 10.7. The average molecular weight is 290 g/mol. The molecule has 1 nitrogen and oxygen atoms in total. The number of hydrogen-bond donors (Lipinski definition) is 1. The molecular weight excluding hydrogens is 256 g/mol. The van der Waals surface area contributed by atoms with Gasteiger partial charge in [0.25, 0.3) is 0 Å². The van der Waals surface area contributed by atoms with Crippen LogP contribution in [0, 0.1) is 5.92 Å². The predicted molar refractivity (Wildman–Crippen MR) is 93.4 cm³/mol. The fraction of sp³-hybridized carbons (Fsp3) is 0.700. The standard InChI is InChI=1S/C20H34O/c1-16(2)8-6-9-17(3)10-7-15-20(5,21)19-13-11-18(4)12-14-19/h8,10-11,19,21H,6-7,9,12-15H2,1-5H3/b17-10+/t19-,20-/m0/s1. The highest BCUT2D eigenvalue weighted by molar-refractivity contribution is 5.07. The van der Waals surface area contributed by atoms with Gasteiger partial charge in [0.1, 0.15) is 0 Å². The van der Waals surface area contributed by atoms with Crippen LogP contribution in [0.25, 0.3) is 0 Å². The minimum atomic E-state index is -0.520. The zero-order valence-electron chi connectivity index (χ0n) is 14.7. The third-order valence-electron chi connectivity index (χ3n) is 4.75. The van der Waals surface area contributed by atoms with Crippen LogP contribution in [0.15, 0.2) is 34.9 Å². The van der Waals surface area contributed by atoms with Crippen molar-refractivity contribution in [2.75, 3.05) is 0 Å². The summed E-state index contributed by atoms with van der Waals surface area (Å²) >= 11 is 0. The SMILES string of the molecule is CC(C)=CCC/C(C)=C/CC[C@](C)(O)[C@H]1CC=C(C)CC1. The molecule has 0 aromatic carbocycles. The Morgan fingerprint density at radius 1 is 1.29 bits per heavy atom. The summed E-state index contributed by atoms with van der Waals surface area (Å²) in [4.78, 5) is 0. The number of hydrogen-bond acceptors (Lipinski definition) is 1. The highest BCUT2D eigenvalue weighted by atomic mass is 16.3. The van der Waals surface area contributed by atoms with Gasteiger partial charge >= 0.3 is 0 Å². The maximum Gasteiger partial charge on any atom is 0.0653 e. The van der Waals surface area contributed by atoms with Crippen molar-refractivity contribution in [2.24, 2.45) is 5.92 Å². The lowest BCUT2D eigenvalue weighted by atomic mass is 9.76. The largest absolute Gasteiger partial charge is 0.390 e. The zero-order chi connectivity index (χ0) is 15.9. The molecule has 0 radical (unpaired) electrons. The van der Waals surface area contributed by atoms with E-state index in [1.165, 1.54) is 16.7 Å². The topological polar surface area (TPSA) is 20.2 Å². The van der Waals surface area contributed by atoms with Crippen molar-refractivity contribution < 1.29 is 5.11 Å². The van der Waals surface area contributed by atoms with Crippen LogP contribution in [0.5, 0.6) is 0 Å². The molecule has 1 aliphatic carbocycles. The Hall–Kier alpha value is -0.820. The Labute approximate surface area is 131 Å². The van der Waals surface area contributed by atoms with Gasteiger partial charge in [0.15, 0.2) is 0 Å². The van der Waals surface area contributed by atoms with E-state index in [1.807, 2.05) is 6.92 Å². The first kappa shape index (κ1) is 18.2. The van der Waals surface area contributed by atoms with Gasteiger partial charge in [0.05, 0.1) is 5.60 Å². The van der Waals surface area contributed by atoms with Crippen molar-refractivity contribution in [2.45, 2.75) is 85.2 Å². The summed E-state index contributed by atoms with van der Waals surface area (Å²) in [6.07, 6.45) is 14.4. The van der Waals surface area contributed by atoms with Gasteiger partial charge in [-0.05, 0) is 85.5 Å². The van der Waals surface area contributed by atoms with Gasteiger partial charge in [-0.3, -0.25) is 0 Å². The van der Waals surface area contributed by atoms with E-state index >= 15 is 0 Å². The molecule has 1 aliphatic rings. The smallest absolute Gasteiger partial charge is 0.0653 e. The number of rotatable bonds is 7. The van der Waals surface area contributed by atoms with Gasteiger partial charge < -0.3 is 5.11 Å². The van der Waals surface area contributed by atoms with Crippen LogP contribution in [-0.2, 0) is 0 Å². The maximum atomic E-state index is 10.7. The van der Waals surface area contributed by atoms with Crippen molar-refractivity contribution in [1.82, 2.24) is 0 Å². The van der Waals surface area contributed by atoms with Crippen molar-refractivity contribution in [3.63, 3.8) is 0 Å². The van der Waals surface area contributed by atoms with Crippen LogP contribution in [0.2, 0.25) is 0 Å². The lowest BCUT2D eigenvalue weighted by molar-refractivity contribution is -0.0122. The minimum absolute atomic E-state index is 0.431. The van der Waals surface area contributed by atoms with Crippen molar-refractivity contribution in [1.29, 1.82) is 0 Å². The Kier molecular flexibility index (Phi) is 7.45. The molecule has 0 saturated carbocycles. The van der Waals surface area contributed by atoms with Gasteiger partial charge in [-0.2, -0.15) is 0 Å². The van der Waals surface area contributed by atoms with E-state index in [1.54, 1.807) is 0 Å². The monoisotopic (exact) mass is 290 g/mol. The van der Waals surface area contributed by atoms with E-state index in [9.17, 15) is 5.11 Å². The number of aliphatic hydroxyl groups is 1. The fourth-order valence-electron chi connectivity index (χ4n) is 3.04. The van der Waals surface area contributed by atoms with Crippen molar-refractivity contribution in [3.8, 4) is 0 Å². The molecule has 0 spiro atoms. The summed E-state index contributed by atoms with van der Waals surface area (Å²) < 4.78 is 0. The molecular formula is C20H34O. The van der Waals surface area contributed by atoms with Gasteiger partial charge in [0, 0.05) is 0 Å². The molecule has 0 heterocycles. The first-order valence-electron chi connectivity index (χ1n) is 8.48. The second-order valence-corrected chi connectivity index (χ2v) is 7.29. The molecule has 0 unspecified atom stereocenters. The average Bonchev–Trinajstić information content (AvgIpc) is 2.38. The molecule has 0 aromatic rings. The quantitative estimate of drug-likeness (QED) is 0.574. The molecule has 2 atom stereocenters. The van der Waals surface area contributed by atoms with Crippen molar-refractivity contribution in [3.05, 3.63) is 34.9 Å². The highest BCUT2D eigenvalue weighted by Crippen LogP contribution is 2.34. The predicted octanol–water partition coefficient (Wildman–Crippen LogP) is 5.96.